The van der Waals surface area contributed by atoms with Gasteiger partial charge < -0.3 is 19.5 Å². The zero-order valence-corrected chi connectivity index (χ0v) is 21.3. The average molecular weight is 551 g/mol. The fraction of sp³-hybridized carbons (Fsp3) is 0.385. The Morgan fingerprint density at radius 1 is 1.18 bits per heavy atom. The van der Waals surface area contributed by atoms with Crippen molar-refractivity contribution in [1.29, 1.82) is 0 Å². The zero-order valence-electron chi connectivity index (χ0n) is 21.3. The van der Waals surface area contributed by atoms with Gasteiger partial charge in [-0.1, -0.05) is 6.08 Å². The van der Waals surface area contributed by atoms with Gasteiger partial charge in [-0.15, -0.1) is 0 Å². The highest BCUT2D eigenvalue weighted by molar-refractivity contribution is 5.94. The Morgan fingerprint density at radius 2 is 1.95 bits per heavy atom. The van der Waals surface area contributed by atoms with E-state index in [1.165, 1.54) is 13.2 Å². The molecule has 0 fully saturated rings. The molecule has 1 aliphatic rings. The Labute approximate surface area is 220 Å². The third kappa shape index (κ3) is 6.09. The van der Waals surface area contributed by atoms with Crippen molar-refractivity contribution >= 4 is 28.0 Å². The maximum atomic E-state index is 14.6. The van der Waals surface area contributed by atoms with Crippen LogP contribution in [0.3, 0.4) is 0 Å². The highest BCUT2D eigenvalue weighted by Gasteiger charge is 2.34. The summed E-state index contributed by atoms with van der Waals surface area (Å²) in [5.74, 6) is -3.81. The molecule has 39 heavy (non-hydrogen) atoms. The minimum Gasteiger partial charge on any atom is -0.496 e. The van der Waals surface area contributed by atoms with E-state index < -0.39 is 47.0 Å². The van der Waals surface area contributed by atoms with Gasteiger partial charge in [-0.05, 0) is 36.6 Å². The summed E-state index contributed by atoms with van der Waals surface area (Å²) in [6.45, 7) is 1.48. The number of hydrogen-bond donors (Lipinski definition) is 1. The molecule has 0 bridgehead atoms. The highest BCUT2D eigenvalue weighted by atomic mass is 19.3. The van der Waals surface area contributed by atoms with Gasteiger partial charge in [0.1, 0.15) is 18.2 Å². The number of nitro benzene ring substituents is 1. The summed E-state index contributed by atoms with van der Waals surface area (Å²) in [7, 11) is 2.55. The smallest absolute Gasteiger partial charge is 0.297 e. The van der Waals surface area contributed by atoms with E-state index in [4.69, 9.17) is 9.47 Å². The van der Waals surface area contributed by atoms with Crippen molar-refractivity contribution in [2.75, 3.05) is 39.4 Å². The fourth-order valence-electron chi connectivity index (χ4n) is 4.33. The number of nitrogens with one attached hydrogen (secondary N) is 1. The summed E-state index contributed by atoms with van der Waals surface area (Å²) >= 11 is 0. The van der Waals surface area contributed by atoms with E-state index in [2.05, 4.69) is 20.0 Å². The minimum atomic E-state index is -3.50. The monoisotopic (exact) mass is 550 g/mol. The van der Waals surface area contributed by atoms with Gasteiger partial charge in [-0.2, -0.15) is 8.78 Å². The van der Waals surface area contributed by atoms with E-state index in [9.17, 15) is 27.7 Å². The normalized spacial score (nSPS) is 14.8. The lowest BCUT2D eigenvalue weighted by molar-refractivity contribution is -0.385. The molecule has 1 atom stereocenters. The number of aromatic nitrogens is 2. The van der Waals surface area contributed by atoms with E-state index in [0.29, 0.717) is 36.3 Å². The predicted molar refractivity (Wildman–Crippen MR) is 135 cm³/mol. The number of fused-ring (bicyclic) bond motifs is 1. The van der Waals surface area contributed by atoms with Gasteiger partial charge >= 0.3 is 0 Å². The number of benzene rings is 2. The molecule has 0 unspecified atom stereocenters. The molecule has 1 aromatic heterocycles. The number of non-ortho nitro benzene ring substituents is 1. The number of halogens is 4. The van der Waals surface area contributed by atoms with Crippen molar-refractivity contribution in [3.63, 3.8) is 0 Å². The number of alkyl halides is 4. The van der Waals surface area contributed by atoms with Crippen LogP contribution in [0, 0.1) is 10.1 Å². The molecule has 1 N–H and O–H groups in total. The number of nitrogens with zero attached hydrogens (tertiary/aromatic N) is 3. The molecule has 0 aliphatic carbocycles. The molecule has 1 aliphatic heterocycles. The van der Waals surface area contributed by atoms with Crippen LogP contribution in [0.2, 0.25) is 0 Å². The van der Waals surface area contributed by atoms with E-state index in [-0.39, 0.29) is 16.9 Å². The zero-order chi connectivity index (χ0) is 28.3. The van der Waals surface area contributed by atoms with Crippen molar-refractivity contribution in [1.82, 2.24) is 9.97 Å². The number of methoxy groups -OCH3 is 2. The number of hydrogen-bond acceptors (Lipinski definition) is 8. The number of ether oxygens (including phenoxy) is 3. The van der Waals surface area contributed by atoms with Crippen molar-refractivity contribution < 1.29 is 36.7 Å². The fourth-order valence-corrected chi connectivity index (χ4v) is 4.33. The topological polar surface area (TPSA) is 109 Å². The molecule has 3 aromatic rings. The van der Waals surface area contributed by atoms with Crippen molar-refractivity contribution in [2.45, 2.75) is 31.7 Å². The molecule has 0 spiro atoms. The van der Waals surface area contributed by atoms with Crippen LogP contribution in [0.25, 0.3) is 16.5 Å². The Kier molecular flexibility index (Phi) is 8.31. The van der Waals surface area contributed by atoms with Crippen LogP contribution in [-0.4, -0.2) is 48.9 Å². The van der Waals surface area contributed by atoms with Crippen LogP contribution in [0.1, 0.15) is 48.3 Å². The SMILES string of the molecule is COCC(F)(F)c1cc([C@@H](C)Nc2nc(C(F)F)nc3cc(OC)c(C4=CCOCC4)cc23)cc([N+](=O)[O-])c1. The quantitative estimate of drug-likeness (QED) is 0.181. The summed E-state index contributed by atoms with van der Waals surface area (Å²) in [6, 6.07) is 5.43. The molecule has 2 heterocycles. The van der Waals surface area contributed by atoms with Gasteiger partial charge in [0.05, 0.1) is 36.8 Å². The van der Waals surface area contributed by atoms with Gasteiger partial charge in [-0.25, -0.2) is 18.7 Å². The molecule has 0 saturated heterocycles. The molecular weight excluding hydrogens is 524 g/mol. The number of nitro groups is 1. The first-order valence-electron chi connectivity index (χ1n) is 11.9. The lowest BCUT2D eigenvalue weighted by Crippen LogP contribution is -2.21. The average Bonchev–Trinajstić information content (AvgIpc) is 2.92. The van der Waals surface area contributed by atoms with E-state index in [0.717, 1.165) is 30.9 Å². The Hall–Kier alpha value is -3.84. The lowest BCUT2D eigenvalue weighted by Gasteiger charge is -2.21. The van der Waals surface area contributed by atoms with Crippen LogP contribution >= 0.6 is 0 Å². The van der Waals surface area contributed by atoms with Crippen molar-refractivity contribution in [2.24, 2.45) is 0 Å². The van der Waals surface area contributed by atoms with E-state index in [1.54, 1.807) is 13.0 Å². The summed E-state index contributed by atoms with van der Waals surface area (Å²) in [4.78, 5) is 18.7. The minimum absolute atomic E-state index is 0.0103. The largest absolute Gasteiger partial charge is 0.496 e. The number of rotatable bonds is 10. The van der Waals surface area contributed by atoms with Crippen molar-refractivity contribution in [3.05, 3.63) is 69.0 Å². The maximum absolute atomic E-state index is 14.6. The second-order valence-corrected chi connectivity index (χ2v) is 8.93. The maximum Gasteiger partial charge on any atom is 0.297 e. The van der Waals surface area contributed by atoms with Crippen LogP contribution in [-0.2, 0) is 15.4 Å². The first-order valence-corrected chi connectivity index (χ1v) is 11.9. The first kappa shape index (κ1) is 28.2. The standard InChI is InChI=1S/C26H26F4N4O5/c1-14(16-8-17(26(29,30)13-37-2)10-18(9-16)34(35)36)31-24-20-11-19(15-4-6-39-7-5-15)22(38-3)12-21(20)32-25(33-24)23(27)28/h4,8-12,14,23H,5-7,13H2,1-3H3,(H,31,32,33)/t14-/m1/s1. The van der Waals surface area contributed by atoms with E-state index >= 15 is 0 Å². The summed E-state index contributed by atoms with van der Waals surface area (Å²) < 4.78 is 72.1. The highest BCUT2D eigenvalue weighted by Crippen LogP contribution is 2.38. The van der Waals surface area contributed by atoms with Crippen LogP contribution in [0.5, 0.6) is 5.75 Å². The third-order valence-corrected chi connectivity index (χ3v) is 6.29. The molecule has 0 saturated carbocycles. The summed E-state index contributed by atoms with van der Waals surface area (Å²) in [5, 5.41) is 14.8. The molecular formula is C26H26F4N4O5. The molecule has 0 amide bonds. The van der Waals surface area contributed by atoms with E-state index in [1.807, 2.05) is 6.08 Å². The van der Waals surface area contributed by atoms with Crippen LogP contribution < -0.4 is 10.1 Å². The summed E-state index contributed by atoms with van der Waals surface area (Å²) in [6.07, 6.45) is -0.503. The summed E-state index contributed by atoms with van der Waals surface area (Å²) in [5.41, 5.74) is 0.776. The van der Waals surface area contributed by atoms with Crippen LogP contribution in [0.4, 0.5) is 29.1 Å². The first-order chi connectivity index (χ1) is 18.5. The third-order valence-electron chi connectivity index (χ3n) is 6.29. The molecule has 208 valence electrons. The molecule has 4 rings (SSSR count). The Balaban J connectivity index is 1.83. The second kappa shape index (κ2) is 11.5. The molecule has 0 radical (unpaired) electrons. The Morgan fingerprint density at radius 3 is 2.56 bits per heavy atom. The van der Waals surface area contributed by atoms with Gasteiger partial charge in [0.25, 0.3) is 18.0 Å². The van der Waals surface area contributed by atoms with Crippen LogP contribution in [0.15, 0.2) is 36.4 Å². The second-order valence-electron chi connectivity index (χ2n) is 8.93. The van der Waals surface area contributed by atoms with Gasteiger partial charge in [0.15, 0.2) is 5.82 Å². The predicted octanol–water partition coefficient (Wildman–Crippen LogP) is 6.20. The van der Waals surface area contributed by atoms with Gasteiger partial charge in [-0.3, -0.25) is 10.1 Å². The lowest BCUT2D eigenvalue weighted by atomic mass is 9.98. The molecule has 13 heteroatoms. The number of anilines is 1. The van der Waals surface area contributed by atoms with Gasteiger partial charge in [0, 0.05) is 41.8 Å². The molecule has 9 nitrogen and oxygen atoms in total. The Bertz CT molecular complexity index is 1420. The van der Waals surface area contributed by atoms with Crippen molar-refractivity contribution in [3.8, 4) is 5.75 Å². The molecule has 2 aromatic carbocycles. The van der Waals surface area contributed by atoms with Gasteiger partial charge in [0.2, 0.25) is 0 Å².